The minimum absolute atomic E-state index is 0.00522. The summed E-state index contributed by atoms with van der Waals surface area (Å²) in [6.07, 6.45) is 5.20. The normalized spacial score (nSPS) is 21.3. The molecule has 3 atom stereocenters. The molecular weight excluding hydrogens is 364 g/mol. The van der Waals surface area contributed by atoms with E-state index in [2.05, 4.69) is 32.3 Å². The van der Waals surface area contributed by atoms with Crippen LogP contribution in [-0.2, 0) is 6.54 Å². The number of pyridine rings is 2. The molecule has 2 N–H and O–H groups in total. The summed E-state index contributed by atoms with van der Waals surface area (Å²) in [4.78, 5) is 23.1. The van der Waals surface area contributed by atoms with Crippen LogP contribution >= 0.6 is 0 Å². The first-order chi connectivity index (χ1) is 14.3. The smallest absolute Gasteiger partial charge is 0.269 e. The van der Waals surface area contributed by atoms with Crippen LogP contribution in [0.1, 0.15) is 27.5 Å². The molecular formula is C23H24N4O2. The minimum Gasteiger partial charge on any atom is -0.395 e. The Labute approximate surface area is 170 Å². The zero-order valence-electron chi connectivity index (χ0n) is 16.1. The Morgan fingerprint density at radius 3 is 2.52 bits per heavy atom. The summed E-state index contributed by atoms with van der Waals surface area (Å²) < 4.78 is 0. The van der Waals surface area contributed by atoms with Crippen molar-refractivity contribution < 1.29 is 9.90 Å². The van der Waals surface area contributed by atoms with Crippen LogP contribution in [0.4, 0.5) is 0 Å². The summed E-state index contributed by atoms with van der Waals surface area (Å²) in [5.74, 6) is -0.0481. The Hall–Kier alpha value is -3.09. The fourth-order valence-electron chi connectivity index (χ4n) is 4.12. The summed E-state index contributed by atoms with van der Waals surface area (Å²) >= 11 is 0. The van der Waals surface area contributed by atoms with Crippen LogP contribution < -0.4 is 5.32 Å². The van der Waals surface area contributed by atoms with E-state index in [1.165, 1.54) is 5.56 Å². The summed E-state index contributed by atoms with van der Waals surface area (Å²) in [7, 11) is 0. The van der Waals surface area contributed by atoms with Gasteiger partial charge in [0.15, 0.2) is 0 Å². The van der Waals surface area contributed by atoms with Gasteiger partial charge in [0, 0.05) is 49.7 Å². The molecule has 1 amide bonds. The van der Waals surface area contributed by atoms with Gasteiger partial charge >= 0.3 is 0 Å². The highest BCUT2D eigenvalue weighted by Gasteiger charge is 2.48. The van der Waals surface area contributed by atoms with Gasteiger partial charge in [-0.25, -0.2) is 0 Å². The van der Waals surface area contributed by atoms with Crippen molar-refractivity contribution >= 4 is 5.91 Å². The van der Waals surface area contributed by atoms with Gasteiger partial charge in [-0.3, -0.25) is 19.7 Å². The maximum atomic E-state index is 12.5. The molecule has 0 spiro atoms. The van der Waals surface area contributed by atoms with Crippen molar-refractivity contribution in [2.24, 2.45) is 0 Å². The van der Waals surface area contributed by atoms with Gasteiger partial charge in [0.05, 0.1) is 6.61 Å². The van der Waals surface area contributed by atoms with Gasteiger partial charge in [0.1, 0.15) is 5.69 Å². The minimum atomic E-state index is -0.189. The molecule has 0 unspecified atom stereocenters. The van der Waals surface area contributed by atoms with Crippen LogP contribution in [0.3, 0.4) is 0 Å². The molecule has 3 aromatic rings. The lowest BCUT2D eigenvalue weighted by atomic mass is 9.75. The summed E-state index contributed by atoms with van der Waals surface area (Å²) in [5, 5.41) is 13.1. The van der Waals surface area contributed by atoms with Crippen LogP contribution in [0.15, 0.2) is 79.3 Å². The Bertz CT molecular complexity index is 921. The zero-order valence-corrected chi connectivity index (χ0v) is 16.1. The Morgan fingerprint density at radius 2 is 1.83 bits per heavy atom. The van der Waals surface area contributed by atoms with Gasteiger partial charge in [-0.15, -0.1) is 0 Å². The fourth-order valence-corrected chi connectivity index (χ4v) is 4.12. The quantitative estimate of drug-likeness (QED) is 0.649. The maximum absolute atomic E-state index is 12.5. The summed E-state index contributed by atoms with van der Waals surface area (Å²) in [6, 6.07) is 19.5. The number of nitrogens with zero attached hydrogens (tertiary/aromatic N) is 3. The van der Waals surface area contributed by atoms with Gasteiger partial charge in [-0.05, 0) is 29.3 Å². The predicted octanol–water partition coefficient (Wildman–Crippen LogP) is 2.24. The number of carbonyl (C=O) groups excluding carboxylic acids is 1. The molecule has 29 heavy (non-hydrogen) atoms. The zero-order chi connectivity index (χ0) is 20.1. The van der Waals surface area contributed by atoms with Crippen molar-refractivity contribution in [3.05, 3.63) is 96.1 Å². The molecule has 0 saturated carbocycles. The summed E-state index contributed by atoms with van der Waals surface area (Å²) in [6.45, 7) is 1.21. The van der Waals surface area contributed by atoms with Gasteiger partial charge in [-0.2, -0.15) is 0 Å². The lowest BCUT2D eigenvalue weighted by molar-refractivity contribution is -0.0482. The molecule has 3 heterocycles. The number of nitrogens with one attached hydrogen (secondary N) is 1. The number of rotatable bonds is 7. The van der Waals surface area contributed by atoms with Gasteiger partial charge in [0.25, 0.3) is 5.91 Å². The molecule has 1 aliphatic heterocycles. The van der Waals surface area contributed by atoms with Gasteiger partial charge < -0.3 is 10.4 Å². The molecule has 148 valence electrons. The number of likely N-dealkylation sites (tertiary alicyclic amines) is 1. The van der Waals surface area contributed by atoms with E-state index in [1.807, 2.05) is 36.5 Å². The molecule has 1 saturated heterocycles. The van der Waals surface area contributed by atoms with Crippen molar-refractivity contribution in [3.63, 3.8) is 0 Å². The Balaban J connectivity index is 1.53. The monoisotopic (exact) mass is 388 g/mol. The molecule has 1 aromatic carbocycles. The third-order valence-electron chi connectivity index (χ3n) is 5.51. The third-order valence-corrected chi connectivity index (χ3v) is 5.51. The largest absolute Gasteiger partial charge is 0.395 e. The Morgan fingerprint density at radius 1 is 1.00 bits per heavy atom. The highest BCUT2D eigenvalue weighted by molar-refractivity contribution is 5.92. The summed E-state index contributed by atoms with van der Waals surface area (Å²) in [5.41, 5.74) is 2.66. The predicted molar refractivity (Wildman–Crippen MR) is 110 cm³/mol. The second kappa shape index (κ2) is 8.94. The highest BCUT2D eigenvalue weighted by atomic mass is 16.3. The molecule has 1 aliphatic rings. The number of aliphatic hydroxyl groups excluding tert-OH is 1. The molecule has 0 bridgehead atoms. The van der Waals surface area contributed by atoms with Gasteiger partial charge in [0.2, 0.25) is 0 Å². The van der Waals surface area contributed by atoms with Crippen LogP contribution in [-0.4, -0.2) is 51.1 Å². The van der Waals surface area contributed by atoms with Crippen LogP contribution in [0.25, 0.3) is 0 Å². The lowest BCUT2D eigenvalue weighted by Crippen LogP contribution is -2.66. The number of hydrogen-bond donors (Lipinski definition) is 2. The number of aliphatic hydroxyl groups is 1. The van der Waals surface area contributed by atoms with E-state index in [4.69, 9.17) is 0 Å². The van der Waals surface area contributed by atoms with Crippen LogP contribution in [0.5, 0.6) is 0 Å². The number of carbonyl (C=O) groups is 1. The van der Waals surface area contributed by atoms with E-state index in [-0.39, 0.29) is 30.5 Å². The maximum Gasteiger partial charge on any atom is 0.269 e. The second-order valence-electron chi connectivity index (χ2n) is 7.21. The molecule has 0 radical (unpaired) electrons. The number of hydrogen-bond acceptors (Lipinski definition) is 5. The standard InChI is InChI=1S/C23H24N4O2/c28-16-21-22(18-8-2-1-3-9-18)20(27(21)15-17-7-6-11-24-13-17)14-26-23(29)19-10-4-5-12-25-19/h1-13,20-22,28H,14-16H2,(H,26,29)/t20-,21-,22+/m1/s1. The third kappa shape index (κ3) is 4.18. The van der Waals surface area contributed by atoms with E-state index < -0.39 is 0 Å². The van der Waals surface area contributed by atoms with Crippen molar-refractivity contribution in [1.82, 2.24) is 20.2 Å². The van der Waals surface area contributed by atoms with Gasteiger partial charge in [-0.1, -0.05) is 42.5 Å². The topological polar surface area (TPSA) is 78.4 Å². The fraction of sp³-hybridized carbons (Fsp3) is 0.261. The van der Waals surface area contributed by atoms with E-state index in [0.717, 1.165) is 5.56 Å². The number of benzene rings is 1. The molecule has 6 nitrogen and oxygen atoms in total. The van der Waals surface area contributed by atoms with E-state index in [9.17, 15) is 9.90 Å². The molecule has 0 aliphatic carbocycles. The highest BCUT2D eigenvalue weighted by Crippen LogP contribution is 2.41. The average molecular weight is 388 g/mol. The van der Waals surface area contributed by atoms with E-state index in [0.29, 0.717) is 18.8 Å². The molecule has 6 heteroatoms. The number of amides is 1. The number of aromatic nitrogens is 2. The molecule has 4 rings (SSSR count). The van der Waals surface area contributed by atoms with Crippen molar-refractivity contribution in [3.8, 4) is 0 Å². The van der Waals surface area contributed by atoms with Crippen molar-refractivity contribution in [2.45, 2.75) is 24.5 Å². The first kappa shape index (κ1) is 19.2. The van der Waals surface area contributed by atoms with E-state index in [1.54, 1.807) is 30.6 Å². The Kier molecular flexibility index (Phi) is 5.93. The van der Waals surface area contributed by atoms with E-state index >= 15 is 0 Å². The average Bonchev–Trinajstić information content (AvgIpc) is 2.78. The molecule has 2 aromatic heterocycles. The van der Waals surface area contributed by atoms with Crippen LogP contribution in [0.2, 0.25) is 0 Å². The SMILES string of the molecule is O=C(NC[C@@H]1[C@H](c2ccccc2)[C@@H](CO)N1Cc1cccnc1)c1ccccn1. The van der Waals surface area contributed by atoms with Crippen molar-refractivity contribution in [1.29, 1.82) is 0 Å². The van der Waals surface area contributed by atoms with Crippen LogP contribution in [0, 0.1) is 0 Å². The first-order valence-corrected chi connectivity index (χ1v) is 9.77. The molecule has 1 fully saturated rings. The van der Waals surface area contributed by atoms with Crippen molar-refractivity contribution in [2.75, 3.05) is 13.2 Å². The first-order valence-electron chi connectivity index (χ1n) is 9.77. The second-order valence-corrected chi connectivity index (χ2v) is 7.21. The lowest BCUT2D eigenvalue weighted by Gasteiger charge is -2.55.